The van der Waals surface area contributed by atoms with Crippen molar-refractivity contribution in [3.05, 3.63) is 70.7 Å². The fourth-order valence-corrected chi connectivity index (χ4v) is 2.52. The van der Waals surface area contributed by atoms with Crippen LogP contribution in [0.15, 0.2) is 55.1 Å². The average Bonchev–Trinajstić information content (AvgIpc) is 2.52. The molecule has 23 heavy (non-hydrogen) atoms. The van der Waals surface area contributed by atoms with Crippen LogP contribution in [0.5, 0.6) is 5.75 Å². The predicted molar refractivity (Wildman–Crippen MR) is 95.5 cm³/mol. The van der Waals surface area contributed by atoms with E-state index in [1.165, 1.54) is 0 Å². The van der Waals surface area contributed by atoms with E-state index in [2.05, 4.69) is 11.9 Å². The van der Waals surface area contributed by atoms with Gasteiger partial charge in [-0.15, -0.1) is 0 Å². The lowest BCUT2D eigenvalue weighted by Crippen LogP contribution is -2.12. The third kappa shape index (κ3) is 5.62. The summed E-state index contributed by atoms with van der Waals surface area (Å²) >= 11 is 12.0. The third-order valence-corrected chi connectivity index (χ3v) is 3.71. The first kappa shape index (κ1) is 17.4. The molecule has 0 radical (unpaired) electrons. The van der Waals surface area contributed by atoms with Crippen LogP contribution in [0.2, 0.25) is 10.0 Å². The molecule has 0 spiro atoms. The highest BCUT2D eigenvalue weighted by Crippen LogP contribution is 2.22. The highest BCUT2D eigenvalue weighted by molar-refractivity contribution is 6.35. The van der Waals surface area contributed by atoms with Crippen LogP contribution in [0, 0.1) is 0 Å². The lowest BCUT2D eigenvalue weighted by molar-refractivity contribution is -0.116. The smallest absolute Gasteiger partial charge is 0.224 e. The van der Waals surface area contributed by atoms with Crippen LogP contribution in [0.4, 0.5) is 5.69 Å². The highest BCUT2D eigenvalue weighted by Gasteiger charge is 2.07. The summed E-state index contributed by atoms with van der Waals surface area (Å²) in [5, 5.41) is 4.00. The Labute approximate surface area is 145 Å². The van der Waals surface area contributed by atoms with E-state index < -0.39 is 0 Å². The summed E-state index contributed by atoms with van der Waals surface area (Å²) in [4.78, 5) is 12.1. The van der Waals surface area contributed by atoms with Crippen LogP contribution in [-0.2, 0) is 11.2 Å². The molecule has 5 heteroatoms. The van der Waals surface area contributed by atoms with E-state index in [9.17, 15) is 4.79 Å². The molecule has 0 saturated carbocycles. The van der Waals surface area contributed by atoms with E-state index in [0.29, 0.717) is 40.9 Å². The highest BCUT2D eigenvalue weighted by atomic mass is 35.5. The molecule has 0 aliphatic carbocycles. The van der Waals surface area contributed by atoms with Crippen molar-refractivity contribution in [2.45, 2.75) is 12.8 Å². The number of halogens is 2. The fraction of sp³-hybridized carbons (Fsp3) is 0.167. The molecule has 0 atom stereocenters. The van der Waals surface area contributed by atoms with Gasteiger partial charge in [-0.05, 0) is 36.2 Å². The molecule has 3 nitrogen and oxygen atoms in total. The van der Waals surface area contributed by atoms with Gasteiger partial charge < -0.3 is 10.1 Å². The molecule has 2 rings (SSSR count). The van der Waals surface area contributed by atoms with E-state index >= 15 is 0 Å². The lowest BCUT2D eigenvalue weighted by Gasteiger charge is -2.09. The van der Waals surface area contributed by atoms with Gasteiger partial charge in [0.1, 0.15) is 12.4 Å². The maximum atomic E-state index is 12.1. The lowest BCUT2D eigenvalue weighted by atomic mass is 10.1. The van der Waals surface area contributed by atoms with Gasteiger partial charge in [-0.2, -0.15) is 0 Å². The molecule has 1 N–H and O–H groups in total. The Kier molecular flexibility index (Phi) is 6.51. The minimum atomic E-state index is -0.0862. The van der Waals surface area contributed by atoms with Gasteiger partial charge in [0.25, 0.3) is 0 Å². The number of ether oxygens (including phenoxy) is 1. The van der Waals surface area contributed by atoms with Gasteiger partial charge in [-0.25, -0.2) is 0 Å². The van der Waals surface area contributed by atoms with Crippen molar-refractivity contribution in [1.82, 2.24) is 0 Å². The number of carbonyl (C=O) groups excluding carboxylic acids is 1. The minimum Gasteiger partial charge on any atom is -0.489 e. The van der Waals surface area contributed by atoms with Crippen molar-refractivity contribution in [3.8, 4) is 5.75 Å². The quantitative estimate of drug-likeness (QED) is 0.703. The van der Waals surface area contributed by atoms with E-state index in [0.717, 1.165) is 5.56 Å². The number of amides is 1. The standard InChI is InChI=1S/C18H17Cl2NO2/c1-2-10-23-16-5-3-4-15(12-16)21-18(22)9-7-13-6-8-14(19)11-17(13)20/h2-6,8,11-12H,1,7,9-10H2,(H,21,22). The van der Waals surface area contributed by atoms with Gasteiger partial charge in [0.2, 0.25) is 5.91 Å². The van der Waals surface area contributed by atoms with Gasteiger partial charge in [-0.3, -0.25) is 4.79 Å². The maximum Gasteiger partial charge on any atom is 0.224 e. The first-order chi connectivity index (χ1) is 11.1. The van der Waals surface area contributed by atoms with E-state index in [1.54, 1.807) is 24.3 Å². The second-order valence-electron chi connectivity index (χ2n) is 4.91. The van der Waals surface area contributed by atoms with Crippen LogP contribution in [0.1, 0.15) is 12.0 Å². The monoisotopic (exact) mass is 349 g/mol. The Morgan fingerprint density at radius 2 is 2.04 bits per heavy atom. The first-order valence-corrected chi connectivity index (χ1v) is 7.91. The van der Waals surface area contributed by atoms with Crippen LogP contribution in [0.3, 0.4) is 0 Å². The Morgan fingerprint density at radius 3 is 2.78 bits per heavy atom. The van der Waals surface area contributed by atoms with E-state index in [4.69, 9.17) is 27.9 Å². The van der Waals surface area contributed by atoms with Crippen LogP contribution in [0.25, 0.3) is 0 Å². The number of hydrogen-bond acceptors (Lipinski definition) is 2. The Bertz CT molecular complexity index is 701. The van der Waals surface area contributed by atoms with Crippen molar-refractivity contribution in [2.75, 3.05) is 11.9 Å². The molecule has 0 bridgehead atoms. The largest absolute Gasteiger partial charge is 0.489 e. The molecule has 1 amide bonds. The summed E-state index contributed by atoms with van der Waals surface area (Å²) in [7, 11) is 0. The van der Waals surface area contributed by atoms with Crippen LogP contribution >= 0.6 is 23.2 Å². The summed E-state index contributed by atoms with van der Waals surface area (Å²) < 4.78 is 5.43. The molecule has 2 aromatic rings. The molecule has 0 fully saturated rings. The van der Waals surface area contributed by atoms with Gasteiger partial charge in [0, 0.05) is 28.2 Å². The summed E-state index contributed by atoms with van der Waals surface area (Å²) in [5.41, 5.74) is 1.59. The van der Waals surface area contributed by atoms with Crippen LogP contribution in [-0.4, -0.2) is 12.5 Å². The molecule has 0 heterocycles. The number of rotatable bonds is 7. The molecule has 0 aliphatic rings. The summed E-state index contributed by atoms with van der Waals surface area (Å²) in [5.74, 6) is 0.598. The molecular formula is C18H17Cl2NO2. The van der Waals surface area contributed by atoms with Gasteiger partial charge >= 0.3 is 0 Å². The molecular weight excluding hydrogens is 333 g/mol. The topological polar surface area (TPSA) is 38.3 Å². The SMILES string of the molecule is C=CCOc1cccc(NC(=O)CCc2ccc(Cl)cc2Cl)c1. The van der Waals surface area contributed by atoms with Crippen molar-refractivity contribution < 1.29 is 9.53 Å². The number of carbonyl (C=O) groups is 1. The molecule has 0 aromatic heterocycles. The van der Waals surface area contributed by atoms with Crippen molar-refractivity contribution in [1.29, 1.82) is 0 Å². The Balaban J connectivity index is 1.90. The molecule has 0 aliphatic heterocycles. The van der Waals surface area contributed by atoms with Gasteiger partial charge in [-0.1, -0.05) is 48.0 Å². The van der Waals surface area contributed by atoms with Crippen LogP contribution < -0.4 is 10.1 Å². The zero-order chi connectivity index (χ0) is 16.7. The number of hydrogen-bond donors (Lipinski definition) is 1. The molecule has 0 saturated heterocycles. The van der Waals surface area contributed by atoms with Crippen molar-refractivity contribution in [2.24, 2.45) is 0 Å². The predicted octanol–water partition coefficient (Wildman–Crippen LogP) is 5.13. The second-order valence-corrected chi connectivity index (χ2v) is 5.76. The summed E-state index contributed by atoms with van der Waals surface area (Å²) in [6.07, 6.45) is 2.55. The number of anilines is 1. The average molecular weight is 350 g/mol. The normalized spacial score (nSPS) is 10.2. The first-order valence-electron chi connectivity index (χ1n) is 7.16. The van der Waals surface area contributed by atoms with Gasteiger partial charge in [0.15, 0.2) is 0 Å². The Hall–Kier alpha value is -1.97. The second kappa shape index (κ2) is 8.61. The number of benzene rings is 2. The van der Waals surface area contributed by atoms with Crippen molar-refractivity contribution >= 4 is 34.8 Å². The Morgan fingerprint density at radius 1 is 1.22 bits per heavy atom. The summed E-state index contributed by atoms with van der Waals surface area (Å²) in [6.45, 7) is 4.02. The zero-order valence-corrected chi connectivity index (χ0v) is 14.0. The maximum absolute atomic E-state index is 12.1. The molecule has 2 aromatic carbocycles. The van der Waals surface area contributed by atoms with Gasteiger partial charge in [0.05, 0.1) is 0 Å². The minimum absolute atomic E-state index is 0.0862. The molecule has 120 valence electrons. The van der Waals surface area contributed by atoms with Crippen molar-refractivity contribution in [3.63, 3.8) is 0 Å². The van der Waals surface area contributed by atoms with E-state index in [1.807, 2.05) is 24.3 Å². The summed E-state index contributed by atoms with van der Waals surface area (Å²) in [6, 6.07) is 12.5. The third-order valence-electron chi connectivity index (χ3n) is 3.12. The van der Waals surface area contributed by atoms with E-state index in [-0.39, 0.29) is 5.91 Å². The number of nitrogens with one attached hydrogen (secondary N) is 1. The fourth-order valence-electron chi connectivity index (χ4n) is 2.01. The number of aryl methyl sites for hydroxylation is 1. The molecule has 0 unspecified atom stereocenters. The zero-order valence-electron chi connectivity index (χ0n) is 12.5.